The minimum atomic E-state index is -0.497. The van der Waals surface area contributed by atoms with E-state index in [1.165, 1.54) is 12.1 Å². The van der Waals surface area contributed by atoms with Crippen molar-refractivity contribution in [3.63, 3.8) is 0 Å². The second kappa shape index (κ2) is 10.2. The van der Waals surface area contributed by atoms with Gasteiger partial charge in [0.1, 0.15) is 28.5 Å². The number of benzene rings is 2. The van der Waals surface area contributed by atoms with Crippen LogP contribution in [-0.4, -0.2) is 25.2 Å². The van der Waals surface area contributed by atoms with E-state index in [1.54, 1.807) is 25.1 Å². The highest BCUT2D eigenvalue weighted by Gasteiger charge is 2.25. The Morgan fingerprint density at radius 1 is 1.26 bits per heavy atom. The summed E-state index contributed by atoms with van der Waals surface area (Å²) < 4.78 is 30.8. The lowest BCUT2D eigenvalue weighted by atomic mass is 10.0. The van der Waals surface area contributed by atoms with Crippen molar-refractivity contribution in [2.45, 2.75) is 39.7 Å². The standard InChI is InChI=1S/C25H28FNO4/c1-5-7-8-13-27-20-15-21-19(14-22(20)30-16(3)4)23(25(28)29-6-2)24(31-21)17-9-11-18(26)12-10-17/h5,9-12,14-16,27H,1,6-8,13H2,2-4H3. The number of unbranched alkanes of at least 4 members (excludes halogenated alkanes) is 1. The van der Waals surface area contributed by atoms with E-state index >= 15 is 0 Å². The number of hydrogen-bond donors (Lipinski definition) is 1. The Morgan fingerprint density at radius 2 is 2.00 bits per heavy atom. The zero-order valence-electron chi connectivity index (χ0n) is 18.2. The van der Waals surface area contributed by atoms with Crippen molar-refractivity contribution in [2.75, 3.05) is 18.5 Å². The van der Waals surface area contributed by atoms with Crippen molar-refractivity contribution in [3.8, 4) is 17.1 Å². The predicted octanol–water partition coefficient (Wildman–Crippen LogP) is 6.58. The molecule has 6 heteroatoms. The Balaban J connectivity index is 2.15. The summed E-state index contributed by atoms with van der Waals surface area (Å²) >= 11 is 0. The number of nitrogens with one attached hydrogen (secondary N) is 1. The van der Waals surface area contributed by atoms with Crippen LogP contribution >= 0.6 is 0 Å². The molecule has 0 aliphatic rings. The number of carbonyl (C=O) groups excluding carboxylic acids is 1. The summed E-state index contributed by atoms with van der Waals surface area (Å²) in [6.45, 7) is 10.3. The van der Waals surface area contributed by atoms with E-state index in [0.29, 0.717) is 33.6 Å². The molecule has 3 rings (SSSR count). The number of rotatable bonds is 10. The first-order valence-electron chi connectivity index (χ1n) is 10.5. The lowest BCUT2D eigenvalue weighted by molar-refractivity contribution is 0.0528. The van der Waals surface area contributed by atoms with Crippen LogP contribution in [0.2, 0.25) is 0 Å². The van der Waals surface area contributed by atoms with Gasteiger partial charge in [-0.2, -0.15) is 0 Å². The van der Waals surface area contributed by atoms with Crippen molar-refractivity contribution in [1.82, 2.24) is 0 Å². The molecule has 0 aliphatic carbocycles. The minimum absolute atomic E-state index is 0.0549. The number of hydrogen-bond acceptors (Lipinski definition) is 5. The topological polar surface area (TPSA) is 60.7 Å². The first-order valence-corrected chi connectivity index (χ1v) is 10.5. The molecule has 31 heavy (non-hydrogen) atoms. The predicted molar refractivity (Wildman–Crippen MR) is 121 cm³/mol. The van der Waals surface area contributed by atoms with Crippen LogP contribution in [0.3, 0.4) is 0 Å². The van der Waals surface area contributed by atoms with E-state index < -0.39 is 5.97 Å². The Morgan fingerprint density at radius 3 is 2.65 bits per heavy atom. The molecule has 0 amide bonds. The Kier molecular flexibility index (Phi) is 7.34. The number of allylic oxidation sites excluding steroid dienone is 1. The van der Waals surface area contributed by atoms with Gasteiger partial charge in [-0.3, -0.25) is 0 Å². The average molecular weight is 426 g/mol. The van der Waals surface area contributed by atoms with Gasteiger partial charge in [0.2, 0.25) is 0 Å². The molecule has 0 atom stereocenters. The maximum absolute atomic E-state index is 13.4. The number of carbonyl (C=O) groups is 1. The molecule has 0 aliphatic heterocycles. The van der Waals surface area contributed by atoms with Gasteiger partial charge in [-0.05, 0) is 63.9 Å². The van der Waals surface area contributed by atoms with Crippen LogP contribution in [0, 0.1) is 5.82 Å². The molecule has 1 N–H and O–H groups in total. The Labute approximate surface area is 181 Å². The fraction of sp³-hybridized carbons (Fsp3) is 0.320. The van der Waals surface area contributed by atoms with Gasteiger partial charge in [0.15, 0.2) is 0 Å². The lowest BCUT2D eigenvalue weighted by Gasteiger charge is -2.16. The molecule has 3 aromatic rings. The van der Waals surface area contributed by atoms with Gasteiger partial charge in [0.05, 0.1) is 18.4 Å². The molecule has 0 saturated heterocycles. The molecule has 0 radical (unpaired) electrons. The van der Waals surface area contributed by atoms with Crippen molar-refractivity contribution in [1.29, 1.82) is 0 Å². The van der Waals surface area contributed by atoms with Gasteiger partial charge in [0.25, 0.3) is 0 Å². The number of anilines is 1. The third-order valence-electron chi connectivity index (χ3n) is 4.64. The van der Waals surface area contributed by atoms with E-state index in [9.17, 15) is 9.18 Å². The largest absolute Gasteiger partial charge is 0.489 e. The fourth-order valence-electron chi connectivity index (χ4n) is 3.29. The van der Waals surface area contributed by atoms with Crippen LogP contribution in [0.5, 0.6) is 5.75 Å². The molecule has 0 bridgehead atoms. The molecule has 1 aromatic heterocycles. The van der Waals surface area contributed by atoms with E-state index in [2.05, 4.69) is 11.9 Å². The van der Waals surface area contributed by atoms with Crippen LogP contribution in [0.4, 0.5) is 10.1 Å². The molecule has 5 nitrogen and oxygen atoms in total. The molecule has 0 unspecified atom stereocenters. The van der Waals surface area contributed by atoms with E-state index in [0.717, 1.165) is 25.1 Å². The zero-order valence-corrected chi connectivity index (χ0v) is 18.2. The highest BCUT2D eigenvalue weighted by molar-refractivity contribution is 6.09. The molecule has 0 saturated carbocycles. The number of fused-ring (bicyclic) bond motifs is 1. The van der Waals surface area contributed by atoms with Gasteiger partial charge < -0.3 is 19.2 Å². The molecular weight excluding hydrogens is 397 g/mol. The van der Waals surface area contributed by atoms with E-state index in [1.807, 2.05) is 26.0 Å². The SMILES string of the molecule is C=CCCCNc1cc2oc(-c3ccc(F)cc3)c(C(=O)OCC)c2cc1OC(C)C. The zero-order chi connectivity index (χ0) is 22.4. The maximum atomic E-state index is 13.4. The molecule has 1 heterocycles. The number of esters is 1. The summed E-state index contributed by atoms with van der Waals surface area (Å²) in [7, 11) is 0. The highest BCUT2D eigenvalue weighted by atomic mass is 19.1. The lowest BCUT2D eigenvalue weighted by Crippen LogP contribution is -2.10. The summed E-state index contributed by atoms with van der Waals surface area (Å²) in [5.74, 6) is 0.102. The summed E-state index contributed by atoms with van der Waals surface area (Å²) in [6.07, 6.45) is 3.65. The smallest absolute Gasteiger partial charge is 0.342 e. The number of furan rings is 1. The molecule has 164 valence electrons. The van der Waals surface area contributed by atoms with Gasteiger partial charge in [-0.1, -0.05) is 6.08 Å². The fourth-order valence-corrected chi connectivity index (χ4v) is 3.29. The summed E-state index contributed by atoms with van der Waals surface area (Å²) in [6, 6.07) is 9.45. The highest BCUT2D eigenvalue weighted by Crippen LogP contribution is 2.39. The molecule has 2 aromatic carbocycles. The second-order valence-corrected chi connectivity index (χ2v) is 7.40. The molecule has 0 fully saturated rings. The van der Waals surface area contributed by atoms with Crippen LogP contribution < -0.4 is 10.1 Å². The van der Waals surface area contributed by atoms with Crippen molar-refractivity contribution < 1.29 is 23.1 Å². The van der Waals surface area contributed by atoms with Gasteiger partial charge in [0, 0.05) is 23.6 Å². The van der Waals surface area contributed by atoms with Crippen molar-refractivity contribution in [3.05, 3.63) is 60.4 Å². The Bertz CT molecular complexity index is 1050. The molecular formula is C25H28FNO4. The van der Waals surface area contributed by atoms with E-state index in [-0.39, 0.29) is 18.5 Å². The third kappa shape index (κ3) is 5.26. The summed E-state index contributed by atoms with van der Waals surface area (Å²) in [5, 5.41) is 3.97. The average Bonchev–Trinajstić information content (AvgIpc) is 3.09. The van der Waals surface area contributed by atoms with Crippen molar-refractivity contribution >= 4 is 22.6 Å². The van der Waals surface area contributed by atoms with Crippen molar-refractivity contribution in [2.24, 2.45) is 0 Å². The second-order valence-electron chi connectivity index (χ2n) is 7.40. The first kappa shape index (κ1) is 22.4. The van der Waals surface area contributed by atoms with Crippen LogP contribution in [0.1, 0.15) is 44.0 Å². The minimum Gasteiger partial charge on any atom is -0.489 e. The monoisotopic (exact) mass is 425 g/mol. The summed E-state index contributed by atoms with van der Waals surface area (Å²) in [4.78, 5) is 12.8. The first-order chi connectivity index (χ1) is 14.9. The van der Waals surface area contributed by atoms with Crippen LogP contribution in [0.15, 0.2) is 53.5 Å². The van der Waals surface area contributed by atoms with Crippen LogP contribution in [0.25, 0.3) is 22.3 Å². The quantitative estimate of drug-likeness (QED) is 0.226. The molecule has 0 spiro atoms. The number of halogens is 1. The van der Waals surface area contributed by atoms with Gasteiger partial charge >= 0.3 is 5.97 Å². The van der Waals surface area contributed by atoms with Gasteiger partial charge in [-0.15, -0.1) is 6.58 Å². The van der Waals surface area contributed by atoms with Crippen LogP contribution in [-0.2, 0) is 4.74 Å². The number of ether oxygens (including phenoxy) is 2. The summed E-state index contributed by atoms with van der Waals surface area (Å²) in [5.41, 5.74) is 2.19. The normalized spacial score (nSPS) is 11.0. The Hall–Kier alpha value is -3.28. The van der Waals surface area contributed by atoms with Gasteiger partial charge in [-0.25, -0.2) is 9.18 Å². The maximum Gasteiger partial charge on any atom is 0.342 e. The van der Waals surface area contributed by atoms with E-state index in [4.69, 9.17) is 13.9 Å². The third-order valence-corrected chi connectivity index (χ3v) is 4.64.